The highest BCUT2D eigenvalue weighted by atomic mass is 19.4. The second kappa shape index (κ2) is 9.85. The second-order valence-corrected chi connectivity index (χ2v) is 9.23. The first-order chi connectivity index (χ1) is 15.8. The van der Waals surface area contributed by atoms with E-state index in [4.69, 9.17) is 4.74 Å². The third kappa shape index (κ3) is 5.25. The average molecular weight is 461 g/mol. The van der Waals surface area contributed by atoms with Crippen molar-refractivity contribution in [3.8, 4) is 0 Å². The Morgan fingerprint density at radius 1 is 1.03 bits per heavy atom. The molecule has 0 atom stereocenters. The van der Waals surface area contributed by atoms with E-state index in [0.717, 1.165) is 56.5 Å². The lowest BCUT2D eigenvalue weighted by Gasteiger charge is -2.38. The number of nitrogens with zero attached hydrogens (tertiary/aromatic N) is 1. The Hall–Kier alpha value is -2.38. The highest BCUT2D eigenvalue weighted by Gasteiger charge is 2.34. The van der Waals surface area contributed by atoms with Gasteiger partial charge in [0.2, 0.25) is 0 Å². The van der Waals surface area contributed by atoms with E-state index in [2.05, 4.69) is 17.4 Å². The van der Waals surface area contributed by atoms with E-state index in [9.17, 15) is 18.0 Å². The summed E-state index contributed by atoms with van der Waals surface area (Å²) in [5.41, 5.74) is 2.15. The maximum Gasteiger partial charge on any atom is 0.416 e. The van der Waals surface area contributed by atoms with E-state index in [0.29, 0.717) is 25.3 Å². The molecule has 0 radical (unpaired) electrons. The summed E-state index contributed by atoms with van der Waals surface area (Å²) in [6.45, 7) is 3.78. The second-order valence-electron chi connectivity index (χ2n) is 9.23. The number of carbonyl (C=O) groups excluding carboxylic acids is 1. The van der Waals surface area contributed by atoms with Crippen molar-refractivity contribution in [3.05, 3.63) is 70.8 Å². The lowest BCUT2D eigenvalue weighted by atomic mass is 9.73. The first-order valence-corrected chi connectivity index (χ1v) is 11.6. The molecule has 0 aliphatic carbocycles. The van der Waals surface area contributed by atoms with Crippen molar-refractivity contribution in [2.75, 3.05) is 39.9 Å². The molecule has 2 aliphatic heterocycles. The number of nitrogens with one attached hydrogen (secondary N) is 1. The third-order valence-electron chi connectivity index (χ3n) is 7.22. The zero-order valence-corrected chi connectivity index (χ0v) is 19.0. The van der Waals surface area contributed by atoms with Gasteiger partial charge in [-0.25, -0.2) is 0 Å². The molecule has 2 aromatic carbocycles. The van der Waals surface area contributed by atoms with E-state index in [-0.39, 0.29) is 17.2 Å². The van der Waals surface area contributed by atoms with Crippen molar-refractivity contribution < 1.29 is 22.7 Å². The minimum atomic E-state index is -4.32. The lowest BCUT2D eigenvalue weighted by Crippen LogP contribution is -2.43. The van der Waals surface area contributed by atoms with Gasteiger partial charge in [0.15, 0.2) is 0 Å². The van der Waals surface area contributed by atoms with Gasteiger partial charge in [-0.1, -0.05) is 24.3 Å². The quantitative estimate of drug-likeness (QED) is 0.683. The van der Waals surface area contributed by atoms with Gasteiger partial charge in [-0.3, -0.25) is 4.79 Å². The van der Waals surface area contributed by atoms with Gasteiger partial charge in [-0.15, -0.1) is 0 Å². The maximum atomic E-state index is 13.1. The normalized spacial score (nSPS) is 19.5. The number of ether oxygens (including phenoxy) is 1. The molecule has 2 aliphatic rings. The number of halogens is 3. The van der Waals surface area contributed by atoms with Crippen LogP contribution in [0, 0.1) is 0 Å². The lowest BCUT2D eigenvalue weighted by molar-refractivity contribution is -0.137. The van der Waals surface area contributed by atoms with Gasteiger partial charge in [-0.2, -0.15) is 13.2 Å². The molecular formula is C26H31F3N2O2. The van der Waals surface area contributed by atoms with Gasteiger partial charge in [0, 0.05) is 31.2 Å². The molecule has 1 amide bonds. The number of amides is 1. The summed E-state index contributed by atoms with van der Waals surface area (Å²) in [5, 5.41) is 3.40. The number of piperidine rings is 2. The van der Waals surface area contributed by atoms with Crippen LogP contribution in [0.25, 0.3) is 0 Å². The monoisotopic (exact) mass is 460 g/mol. The zero-order valence-electron chi connectivity index (χ0n) is 19.0. The molecule has 2 aromatic rings. The molecule has 2 fully saturated rings. The van der Waals surface area contributed by atoms with Crippen molar-refractivity contribution in [2.45, 2.75) is 43.2 Å². The Kier molecular flexibility index (Phi) is 7.10. The van der Waals surface area contributed by atoms with Crippen molar-refractivity contribution in [3.63, 3.8) is 0 Å². The van der Waals surface area contributed by atoms with E-state index in [1.165, 1.54) is 5.56 Å². The Labute approximate surface area is 193 Å². The summed E-state index contributed by atoms with van der Waals surface area (Å²) in [5.74, 6) is 0.186. The van der Waals surface area contributed by atoms with E-state index >= 15 is 0 Å². The Morgan fingerprint density at radius 2 is 1.64 bits per heavy atom. The molecule has 1 N–H and O–H groups in total. The molecule has 4 nitrogen and oxygen atoms in total. The van der Waals surface area contributed by atoms with Crippen LogP contribution in [0.3, 0.4) is 0 Å². The molecule has 2 saturated heterocycles. The van der Waals surface area contributed by atoms with Crippen LogP contribution in [-0.4, -0.2) is 50.7 Å². The van der Waals surface area contributed by atoms with Gasteiger partial charge in [0.05, 0.1) is 12.2 Å². The zero-order chi connectivity index (χ0) is 23.5. The molecule has 33 heavy (non-hydrogen) atoms. The highest BCUT2D eigenvalue weighted by Crippen LogP contribution is 2.35. The van der Waals surface area contributed by atoms with Gasteiger partial charge < -0.3 is 15.0 Å². The minimum Gasteiger partial charge on any atom is -0.384 e. The van der Waals surface area contributed by atoms with Gasteiger partial charge in [0.25, 0.3) is 5.91 Å². The molecule has 2 heterocycles. The summed E-state index contributed by atoms with van der Waals surface area (Å²) in [6, 6.07) is 13.4. The molecule has 4 rings (SSSR count). The molecule has 7 heteroatoms. The fraction of sp³-hybridized carbons (Fsp3) is 0.500. The summed E-state index contributed by atoms with van der Waals surface area (Å²) < 4.78 is 43.9. The average Bonchev–Trinajstić information content (AvgIpc) is 2.84. The van der Waals surface area contributed by atoms with Crippen LogP contribution in [0.15, 0.2) is 48.5 Å². The van der Waals surface area contributed by atoms with Crippen LogP contribution in [0.1, 0.15) is 58.6 Å². The summed E-state index contributed by atoms with van der Waals surface area (Å²) >= 11 is 0. The van der Waals surface area contributed by atoms with E-state index in [1.54, 1.807) is 19.2 Å². The predicted molar refractivity (Wildman–Crippen MR) is 121 cm³/mol. The largest absolute Gasteiger partial charge is 0.416 e. The van der Waals surface area contributed by atoms with Crippen LogP contribution in [0.2, 0.25) is 0 Å². The van der Waals surface area contributed by atoms with Crippen LogP contribution >= 0.6 is 0 Å². The number of hydrogen-bond acceptors (Lipinski definition) is 3. The van der Waals surface area contributed by atoms with Crippen molar-refractivity contribution in [1.82, 2.24) is 10.2 Å². The third-order valence-corrected chi connectivity index (χ3v) is 7.22. The van der Waals surface area contributed by atoms with Crippen molar-refractivity contribution in [1.29, 1.82) is 0 Å². The molecule has 0 spiro atoms. The van der Waals surface area contributed by atoms with Crippen molar-refractivity contribution >= 4 is 5.91 Å². The maximum absolute atomic E-state index is 13.1. The standard InChI is InChI=1S/C26H31F3N2O2/c1-33-18-25(12-14-30-15-13-25)22-6-4-21(5-7-22)24(32)31-16-10-20(11-17-31)19-2-8-23(9-3-19)26(27,28)29/h2-9,20,30H,10-18H2,1H3. The molecule has 178 valence electrons. The van der Waals surface area contributed by atoms with E-state index < -0.39 is 11.7 Å². The predicted octanol–water partition coefficient (Wildman–Crippen LogP) is 4.99. The Balaban J connectivity index is 1.37. The van der Waals surface area contributed by atoms with Gasteiger partial charge in [0.1, 0.15) is 0 Å². The number of carbonyl (C=O) groups is 1. The van der Waals surface area contributed by atoms with Crippen LogP contribution < -0.4 is 5.32 Å². The van der Waals surface area contributed by atoms with E-state index in [1.807, 2.05) is 17.0 Å². The topological polar surface area (TPSA) is 41.6 Å². The van der Waals surface area contributed by atoms with Crippen LogP contribution in [0.4, 0.5) is 13.2 Å². The highest BCUT2D eigenvalue weighted by molar-refractivity contribution is 5.94. The Morgan fingerprint density at radius 3 is 2.18 bits per heavy atom. The first kappa shape index (κ1) is 23.8. The molecule has 0 unspecified atom stereocenters. The number of rotatable bonds is 5. The molecule has 0 aromatic heterocycles. The first-order valence-electron chi connectivity index (χ1n) is 11.6. The number of methoxy groups -OCH3 is 1. The fourth-order valence-electron chi connectivity index (χ4n) is 5.21. The molecular weight excluding hydrogens is 429 g/mol. The smallest absolute Gasteiger partial charge is 0.384 e. The number of benzene rings is 2. The number of likely N-dealkylation sites (tertiary alicyclic amines) is 1. The molecule has 0 bridgehead atoms. The SMILES string of the molecule is COCC1(c2ccc(C(=O)N3CCC(c4ccc(C(F)(F)F)cc4)CC3)cc2)CCNCC1. The van der Waals surface area contributed by atoms with Gasteiger partial charge >= 0.3 is 6.18 Å². The minimum absolute atomic E-state index is 0.0123. The van der Waals surface area contributed by atoms with Crippen LogP contribution in [0.5, 0.6) is 0 Å². The van der Waals surface area contributed by atoms with Gasteiger partial charge in [-0.05, 0) is 80.1 Å². The fourth-order valence-corrected chi connectivity index (χ4v) is 5.21. The molecule has 0 saturated carbocycles. The summed E-state index contributed by atoms with van der Waals surface area (Å²) in [7, 11) is 1.73. The summed E-state index contributed by atoms with van der Waals surface area (Å²) in [6.07, 6.45) is -0.809. The Bertz CT molecular complexity index is 922. The van der Waals surface area contributed by atoms with Crippen LogP contribution in [-0.2, 0) is 16.3 Å². The number of hydrogen-bond donors (Lipinski definition) is 1. The summed E-state index contributed by atoms with van der Waals surface area (Å²) in [4.78, 5) is 14.9. The number of alkyl halides is 3. The van der Waals surface area contributed by atoms with Crippen molar-refractivity contribution in [2.24, 2.45) is 0 Å².